The third-order valence-electron chi connectivity index (χ3n) is 5.59. The van der Waals surface area contributed by atoms with Crippen molar-refractivity contribution in [3.63, 3.8) is 0 Å². The van der Waals surface area contributed by atoms with Crippen molar-refractivity contribution in [3.05, 3.63) is 22.3 Å². The van der Waals surface area contributed by atoms with Crippen LogP contribution in [-0.2, 0) is 14.3 Å². The molecule has 1 aliphatic rings. The van der Waals surface area contributed by atoms with E-state index in [1.165, 1.54) is 70.6 Å². The molecule has 0 aromatic rings. The van der Waals surface area contributed by atoms with Crippen LogP contribution in [0.25, 0.3) is 0 Å². The Morgan fingerprint density at radius 1 is 1.00 bits per heavy atom. The van der Waals surface area contributed by atoms with Gasteiger partial charge in [0, 0.05) is 17.1 Å². The van der Waals surface area contributed by atoms with Crippen molar-refractivity contribution in [2.45, 2.75) is 110 Å². The molecule has 0 aliphatic carbocycles. The molecule has 172 valence electrons. The van der Waals surface area contributed by atoms with E-state index in [1.54, 1.807) is 17.2 Å². The van der Waals surface area contributed by atoms with Crippen molar-refractivity contribution in [1.29, 1.82) is 0 Å². The number of carbonyl (C=O) groups excluding carboxylic acids is 2. The summed E-state index contributed by atoms with van der Waals surface area (Å²) in [5.74, 6) is -0.657. The summed E-state index contributed by atoms with van der Waals surface area (Å²) in [6, 6.07) is 0. The summed E-state index contributed by atoms with van der Waals surface area (Å²) in [7, 11) is 0. The van der Waals surface area contributed by atoms with Gasteiger partial charge in [-0.15, -0.1) is 0 Å². The van der Waals surface area contributed by atoms with Gasteiger partial charge in [0.25, 0.3) is 0 Å². The maximum absolute atomic E-state index is 12.1. The largest absolute Gasteiger partial charge is 0.442 e. The number of nitrogens with two attached hydrogens (primary N) is 1. The second-order valence-electron chi connectivity index (χ2n) is 8.26. The van der Waals surface area contributed by atoms with E-state index < -0.39 is 12.1 Å². The van der Waals surface area contributed by atoms with Crippen LogP contribution >= 0.6 is 15.9 Å². The van der Waals surface area contributed by atoms with Gasteiger partial charge in [0.1, 0.15) is 0 Å². The Balaban J connectivity index is 2.01. The molecular weight excluding hydrogens is 444 g/mol. The lowest BCUT2D eigenvalue weighted by molar-refractivity contribution is -0.155. The quantitative estimate of drug-likeness (QED) is 0.193. The molecule has 1 heterocycles. The molecule has 0 saturated heterocycles. The van der Waals surface area contributed by atoms with E-state index in [4.69, 9.17) is 10.5 Å². The lowest BCUT2D eigenvalue weighted by Crippen LogP contribution is -2.37. The van der Waals surface area contributed by atoms with Gasteiger partial charge in [0.15, 0.2) is 6.23 Å². The molecule has 2 N–H and O–H groups in total. The van der Waals surface area contributed by atoms with Gasteiger partial charge in [-0.05, 0) is 19.4 Å². The molecular formula is C24H41BrN2O3. The monoisotopic (exact) mass is 484 g/mol. The number of allylic oxidation sites excluding steroid dienone is 2. The van der Waals surface area contributed by atoms with Crippen molar-refractivity contribution in [3.8, 4) is 0 Å². The van der Waals surface area contributed by atoms with Crippen LogP contribution in [0.5, 0.6) is 0 Å². The second kappa shape index (κ2) is 16.4. The average molecular weight is 486 g/mol. The fourth-order valence-corrected chi connectivity index (χ4v) is 4.06. The van der Waals surface area contributed by atoms with Crippen molar-refractivity contribution >= 4 is 27.8 Å². The zero-order chi connectivity index (χ0) is 22.2. The van der Waals surface area contributed by atoms with Crippen LogP contribution in [0.4, 0.5) is 0 Å². The number of hydrogen-bond acceptors (Lipinski definition) is 4. The molecule has 0 aromatic carbocycles. The molecule has 1 aliphatic heterocycles. The summed E-state index contributed by atoms with van der Waals surface area (Å²) >= 11 is 3.32. The molecule has 1 unspecified atom stereocenters. The van der Waals surface area contributed by atoms with Crippen LogP contribution < -0.4 is 5.73 Å². The summed E-state index contributed by atoms with van der Waals surface area (Å²) in [6.07, 6.45) is 20.3. The normalized spacial score (nSPS) is 14.8. The Morgan fingerprint density at radius 2 is 1.50 bits per heavy atom. The molecule has 1 atom stereocenters. The van der Waals surface area contributed by atoms with Gasteiger partial charge in [0.2, 0.25) is 5.91 Å². The number of carbonyl (C=O) groups is 2. The fourth-order valence-electron chi connectivity index (χ4n) is 3.62. The summed E-state index contributed by atoms with van der Waals surface area (Å²) in [5.41, 5.74) is 5.87. The first-order valence-electron chi connectivity index (χ1n) is 11.8. The van der Waals surface area contributed by atoms with E-state index in [0.717, 1.165) is 12.8 Å². The van der Waals surface area contributed by atoms with Crippen molar-refractivity contribution < 1.29 is 14.3 Å². The number of esters is 1. The Hall–Kier alpha value is -1.30. The van der Waals surface area contributed by atoms with Gasteiger partial charge in [-0.3, -0.25) is 9.59 Å². The van der Waals surface area contributed by atoms with Gasteiger partial charge in [0.05, 0.1) is 12.1 Å². The SMILES string of the molecule is CCCCCCCCCCCCCCCC(=O)OC(C)N1C=CC(Br)=C(C(N)=O)C1. The summed E-state index contributed by atoms with van der Waals surface area (Å²) in [4.78, 5) is 25.4. The highest BCUT2D eigenvalue weighted by Crippen LogP contribution is 2.22. The minimum Gasteiger partial charge on any atom is -0.442 e. The molecule has 0 bridgehead atoms. The number of nitrogens with zero attached hydrogens (tertiary/aromatic N) is 1. The topological polar surface area (TPSA) is 72.6 Å². The van der Waals surface area contributed by atoms with E-state index >= 15 is 0 Å². The summed E-state index contributed by atoms with van der Waals surface area (Å²) in [5, 5.41) is 0. The maximum atomic E-state index is 12.1. The number of primary amides is 1. The average Bonchev–Trinajstić information content (AvgIpc) is 2.71. The number of rotatable bonds is 17. The minimum absolute atomic E-state index is 0.187. The third-order valence-corrected chi connectivity index (χ3v) is 6.34. The zero-order valence-electron chi connectivity index (χ0n) is 19.0. The van der Waals surface area contributed by atoms with Crippen LogP contribution in [0, 0.1) is 0 Å². The summed E-state index contributed by atoms with van der Waals surface area (Å²) < 4.78 is 6.18. The predicted molar refractivity (Wildman–Crippen MR) is 127 cm³/mol. The molecule has 1 rings (SSSR count). The number of hydrogen-bond donors (Lipinski definition) is 1. The van der Waals surface area contributed by atoms with Crippen LogP contribution in [0.2, 0.25) is 0 Å². The third kappa shape index (κ3) is 11.8. The Morgan fingerprint density at radius 3 is 2.00 bits per heavy atom. The molecule has 5 nitrogen and oxygen atoms in total. The highest BCUT2D eigenvalue weighted by Gasteiger charge is 2.22. The molecule has 0 radical (unpaired) electrons. The van der Waals surface area contributed by atoms with E-state index in [0.29, 0.717) is 23.0 Å². The molecule has 0 saturated carbocycles. The molecule has 6 heteroatoms. The smallest absolute Gasteiger partial charge is 0.307 e. The van der Waals surface area contributed by atoms with Crippen LogP contribution in [-0.4, -0.2) is 29.5 Å². The standard InChI is InChI=1S/C24H41BrN2O3/c1-3-4-5-6-7-8-9-10-11-12-13-14-15-16-23(28)30-20(2)27-18-17-22(25)21(19-27)24(26)29/h17-18,20H,3-16,19H2,1-2H3,(H2,26,29). The van der Waals surface area contributed by atoms with Gasteiger partial charge in [-0.2, -0.15) is 0 Å². The first-order valence-corrected chi connectivity index (χ1v) is 12.6. The first kappa shape index (κ1) is 26.7. The van der Waals surface area contributed by atoms with Crippen LogP contribution in [0.1, 0.15) is 104 Å². The van der Waals surface area contributed by atoms with E-state index in [1.807, 2.05) is 6.92 Å². The lowest BCUT2D eigenvalue weighted by atomic mass is 10.0. The summed E-state index contributed by atoms with van der Waals surface area (Å²) in [6.45, 7) is 4.40. The second-order valence-corrected chi connectivity index (χ2v) is 9.11. The zero-order valence-corrected chi connectivity index (χ0v) is 20.6. The maximum Gasteiger partial charge on any atom is 0.307 e. The lowest BCUT2D eigenvalue weighted by Gasteiger charge is -2.30. The number of unbranched alkanes of at least 4 members (excludes halogenated alkanes) is 12. The van der Waals surface area contributed by atoms with Crippen molar-refractivity contribution in [1.82, 2.24) is 4.90 Å². The Bertz CT molecular complexity index is 575. The minimum atomic E-state index is -0.471. The first-order chi connectivity index (χ1) is 14.5. The van der Waals surface area contributed by atoms with Gasteiger partial charge in [-0.1, -0.05) is 99.9 Å². The van der Waals surface area contributed by atoms with Crippen molar-refractivity contribution in [2.24, 2.45) is 5.73 Å². The van der Waals surface area contributed by atoms with Gasteiger partial charge >= 0.3 is 5.97 Å². The number of amides is 1. The van der Waals surface area contributed by atoms with Gasteiger partial charge < -0.3 is 15.4 Å². The molecule has 0 spiro atoms. The van der Waals surface area contributed by atoms with E-state index in [9.17, 15) is 9.59 Å². The highest BCUT2D eigenvalue weighted by molar-refractivity contribution is 9.12. The van der Waals surface area contributed by atoms with E-state index in [-0.39, 0.29) is 5.97 Å². The molecule has 0 aromatic heterocycles. The number of halogens is 1. The predicted octanol–water partition coefficient (Wildman–Crippen LogP) is 6.32. The molecule has 30 heavy (non-hydrogen) atoms. The van der Waals surface area contributed by atoms with Crippen LogP contribution in [0.15, 0.2) is 22.3 Å². The van der Waals surface area contributed by atoms with Crippen molar-refractivity contribution in [2.75, 3.05) is 6.54 Å². The Kier molecular flexibility index (Phi) is 14.6. The highest BCUT2D eigenvalue weighted by atomic mass is 79.9. The fraction of sp³-hybridized carbons (Fsp3) is 0.750. The van der Waals surface area contributed by atoms with E-state index in [2.05, 4.69) is 22.9 Å². The number of ether oxygens (including phenoxy) is 1. The molecule has 1 amide bonds. The van der Waals surface area contributed by atoms with Gasteiger partial charge in [-0.25, -0.2) is 0 Å². The molecule has 0 fully saturated rings. The van der Waals surface area contributed by atoms with Crippen LogP contribution in [0.3, 0.4) is 0 Å². The Labute approximate surface area is 191 Å².